The molecule has 1 saturated heterocycles. The van der Waals surface area contributed by atoms with Crippen LogP contribution in [0.1, 0.15) is 31.2 Å². The van der Waals surface area contributed by atoms with Crippen molar-refractivity contribution in [1.29, 1.82) is 0 Å². The van der Waals surface area contributed by atoms with E-state index in [1.165, 1.54) is 5.56 Å². The Hall–Kier alpha value is -0.970. The van der Waals surface area contributed by atoms with Crippen LogP contribution in [0.4, 0.5) is 0 Å². The first kappa shape index (κ1) is 15.4. The van der Waals surface area contributed by atoms with Crippen LogP contribution in [-0.2, 0) is 0 Å². The van der Waals surface area contributed by atoms with Gasteiger partial charge in [0.15, 0.2) is 0 Å². The maximum Gasteiger partial charge on any atom is 0.0816 e. The first-order valence-electron chi connectivity index (χ1n) is 7.32. The lowest BCUT2D eigenvalue weighted by Crippen LogP contribution is -2.41. The Balaban J connectivity index is 1.95. The molecule has 0 aliphatic carbocycles. The SMILES string of the molecule is CC(O)C1CCN(CC(C(N)=S)c2ccccc2)CC1. The van der Waals surface area contributed by atoms with Crippen LogP contribution in [0.3, 0.4) is 0 Å². The molecule has 2 unspecified atom stereocenters. The molecule has 1 fully saturated rings. The highest BCUT2D eigenvalue weighted by molar-refractivity contribution is 7.80. The van der Waals surface area contributed by atoms with Crippen molar-refractivity contribution in [3.8, 4) is 0 Å². The molecule has 0 spiro atoms. The van der Waals surface area contributed by atoms with Crippen LogP contribution in [0.25, 0.3) is 0 Å². The molecule has 0 aromatic heterocycles. The summed E-state index contributed by atoms with van der Waals surface area (Å²) in [6.07, 6.45) is 1.91. The number of hydrogen-bond donors (Lipinski definition) is 2. The molecule has 1 heterocycles. The van der Waals surface area contributed by atoms with Crippen molar-refractivity contribution in [3.05, 3.63) is 35.9 Å². The van der Waals surface area contributed by atoms with Gasteiger partial charge in [-0.3, -0.25) is 0 Å². The topological polar surface area (TPSA) is 49.5 Å². The summed E-state index contributed by atoms with van der Waals surface area (Å²) in [5.74, 6) is 0.556. The third kappa shape index (κ3) is 4.01. The van der Waals surface area contributed by atoms with E-state index in [0.29, 0.717) is 10.9 Å². The van der Waals surface area contributed by atoms with E-state index in [-0.39, 0.29) is 12.0 Å². The van der Waals surface area contributed by atoms with Crippen LogP contribution < -0.4 is 5.73 Å². The van der Waals surface area contributed by atoms with Crippen molar-refractivity contribution in [2.24, 2.45) is 11.7 Å². The van der Waals surface area contributed by atoms with E-state index in [2.05, 4.69) is 17.0 Å². The van der Waals surface area contributed by atoms with E-state index in [1.54, 1.807) is 0 Å². The molecule has 1 aliphatic heterocycles. The number of nitrogens with zero attached hydrogens (tertiary/aromatic N) is 1. The number of aliphatic hydroxyl groups is 1. The molecule has 2 rings (SSSR count). The Kier molecular flexibility index (Phi) is 5.52. The molecule has 0 bridgehead atoms. The summed E-state index contributed by atoms with van der Waals surface area (Å²) in [6.45, 7) is 4.80. The average Bonchev–Trinajstić information content (AvgIpc) is 2.46. The number of benzene rings is 1. The number of likely N-dealkylation sites (tertiary alicyclic amines) is 1. The number of rotatable bonds is 5. The minimum atomic E-state index is -0.197. The van der Waals surface area contributed by atoms with Crippen LogP contribution in [0, 0.1) is 5.92 Å². The molecule has 3 nitrogen and oxygen atoms in total. The van der Waals surface area contributed by atoms with Gasteiger partial charge in [0.1, 0.15) is 0 Å². The van der Waals surface area contributed by atoms with Gasteiger partial charge in [-0.25, -0.2) is 0 Å². The molecule has 0 saturated carbocycles. The Bertz CT molecular complexity index is 427. The molecule has 20 heavy (non-hydrogen) atoms. The number of hydrogen-bond acceptors (Lipinski definition) is 3. The van der Waals surface area contributed by atoms with Crippen LogP contribution in [-0.4, -0.2) is 40.7 Å². The van der Waals surface area contributed by atoms with Crippen molar-refractivity contribution < 1.29 is 5.11 Å². The van der Waals surface area contributed by atoms with Gasteiger partial charge in [-0.05, 0) is 44.3 Å². The third-order valence-electron chi connectivity index (χ3n) is 4.30. The molecule has 0 radical (unpaired) electrons. The van der Waals surface area contributed by atoms with Gasteiger partial charge in [0.25, 0.3) is 0 Å². The lowest BCUT2D eigenvalue weighted by molar-refractivity contribution is 0.0716. The van der Waals surface area contributed by atoms with E-state index in [0.717, 1.165) is 32.5 Å². The van der Waals surface area contributed by atoms with Gasteiger partial charge in [-0.1, -0.05) is 42.5 Å². The Morgan fingerprint density at radius 2 is 1.95 bits per heavy atom. The third-order valence-corrected chi connectivity index (χ3v) is 4.59. The highest BCUT2D eigenvalue weighted by atomic mass is 32.1. The highest BCUT2D eigenvalue weighted by Crippen LogP contribution is 2.24. The first-order valence-corrected chi connectivity index (χ1v) is 7.73. The van der Waals surface area contributed by atoms with Gasteiger partial charge in [0.05, 0.1) is 11.1 Å². The van der Waals surface area contributed by atoms with Crippen molar-refractivity contribution in [2.45, 2.75) is 31.8 Å². The molecule has 1 aliphatic rings. The predicted molar refractivity (Wildman–Crippen MR) is 86.8 cm³/mol. The Morgan fingerprint density at radius 3 is 2.45 bits per heavy atom. The smallest absolute Gasteiger partial charge is 0.0816 e. The predicted octanol–water partition coefficient (Wildman–Crippen LogP) is 2.15. The maximum absolute atomic E-state index is 9.65. The zero-order chi connectivity index (χ0) is 14.5. The molecule has 4 heteroatoms. The van der Waals surface area contributed by atoms with Crippen LogP contribution in [0.15, 0.2) is 30.3 Å². The van der Waals surface area contributed by atoms with Gasteiger partial charge in [0.2, 0.25) is 0 Å². The number of piperidine rings is 1. The fourth-order valence-corrected chi connectivity index (χ4v) is 3.13. The standard InChI is InChI=1S/C16H24N2OS/c1-12(19)13-7-9-18(10-8-13)11-15(16(17)20)14-5-3-2-4-6-14/h2-6,12-13,15,19H,7-11H2,1H3,(H2,17,20). The molecule has 1 aromatic carbocycles. The van der Waals surface area contributed by atoms with Gasteiger partial charge in [-0.15, -0.1) is 0 Å². The Labute approximate surface area is 126 Å². The minimum Gasteiger partial charge on any atom is -0.393 e. The second-order valence-electron chi connectivity index (χ2n) is 5.74. The molecule has 0 amide bonds. The van der Waals surface area contributed by atoms with E-state index in [4.69, 9.17) is 18.0 Å². The number of thiocarbonyl (C=S) groups is 1. The molecular weight excluding hydrogens is 268 g/mol. The lowest BCUT2D eigenvalue weighted by Gasteiger charge is -2.35. The van der Waals surface area contributed by atoms with Crippen LogP contribution in [0.5, 0.6) is 0 Å². The van der Waals surface area contributed by atoms with Crippen molar-refractivity contribution in [2.75, 3.05) is 19.6 Å². The number of aliphatic hydroxyl groups excluding tert-OH is 1. The number of nitrogens with two attached hydrogens (primary N) is 1. The largest absolute Gasteiger partial charge is 0.393 e. The zero-order valence-corrected chi connectivity index (χ0v) is 12.9. The van der Waals surface area contributed by atoms with Gasteiger partial charge >= 0.3 is 0 Å². The molecular formula is C16H24N2OS. The quantitative estimate of drug-likeness (QED) is 0.817. The normalized spacial score (nSPS) is 20.5. The molecule has 3 N–H and O–H groups in total. The summed E-state index contributed by atoms with van der Waals surface area (Å²) in [6, 6.07) is 10.2. The summed E-state index contributed by atoms with van der Waals surface area (Å²) >= 11 is 5.24. The maximum atomic E-state index is 9.65. The van der Waals surface area contributed by atoms with E-state index in [1.807, 2.05) is 25.1 Å². The second kappa shape index (κ2) is 7.16. The fourth-order valence-electron chi connectivity index (χ4n) is 2.92. The van der Waals surface area contributed by atoms with E-state index < -0.39 is 0 Å². The summed E-state index contributed by atoms with van der Waals surface area (Å²) in [7, 11) is 0. The lowest BCUT2D eigenvalue weighted by atomic mass is 9.91. The molecule has 1 aromatic rings. The van der Waals surface area contributed by atoms with Crippen molar-refractivity contribution in [3.63, 3.8) is 0 Å². The second-order valence-corrected chi connectivity index (χ2v) is 6.22. The van der Waals surface area contributed by atoms with Gasteiger partial charge in [0, 0.05) is 12.5 Å². The molecule has 2 atom stereocenters. The Morgan fingerprint density at radius 1 is 1.35 bits per heavy atom. The summed E-state index contributed by atoms with van der Waals surface area (Å²) in [5, 5.41) is 9.65. The monoisotopic (exact) mass is 292 g/mol. The van der Waals surface area contributed by atoms with Crippen LogP contribution in [0.2, 0.25) is 0 Å². The summed E-state index contributed by atoms with van der Waals surface area (Å²) in [4.78, 5) is 2.98. The van der Waals surface area contributed by atoms with Crippen molar-refractivity contribution in [1.82, 2.24) is 4.90 Å². The highest BCUT2D eigenvalue weighted by Gasteiger charge is 2.25. The summed E-state index contributed by atoms with van der Waals surface area (Å²) < 4.78 is 0. The molecule has 110 valence electrons. The van der Waals surface area contributed by atoms with E-state index in [9.17, 15) is 5.11 Å². The fraction of sp³-hybridized carbons (Fsp3) is 0.562. The zero-order valence-electron chi connectivity index (χ0n) is 12.0. The minimum absolute atomic E-state index is 0.120. The first-order chi connectivity index (χ1) is 9.58. The van der Waals surface area contributed by atoms with Gasteiger partial charge in [-0.2, -0.15) is 0 Å². The average molecular weight is 292 g/mol. The van der Waals surface area contributed by atoms with E-state index >= 15 is 0 Å². The van der Waals surface area contributed by atoms with Gasteiger partial charge < -0.3 is 15.7 Å². The van der Waals surface area contributed by atoms with Crippen molar-refractivity contribution >= 4 is 17.2 Å². The summed E-state index contributed by atoms with van der Waals surface area (Å²) in [5.41, 5.74) is 7.12. The van der Waals surface area contributed by atoms with Crippen LogP contribution >= 0.6 is 12.2 Å².